The van der Waals surface area contributed by atoms with Crippen molar-refractivity contribution in [2.24, 2.45) is 0 Å². The van der Waals surface area contributed by atoms with Crippen LogP contribution >= 0.6 is 0 Å². The van der Waals surface area contributed by atoms with Crippen LogP contribution in [-0.4, -0.2) is 0 Å². The van der Waals surface area contributed by atoms with Gasteiger partial charge in [0.2, 0.25) is 0 Å². The van der Waals surface area contributed by atoms with Crippen LogP contribution in [0.15, 0.2) is 23.1 Å². The molecule has 0 aliphatic rings. The fourth-order valence-electron chi connectivity index (χ4n) is 1.12. The molecule has 0 aliphatic heterocycles. The molecule has 0 fully saturated rings. The summed E-state index contributed by atoms with van der Waals surface area (Å²) >= 11 is 0. The molecule has 0 saturated heterocycles. The van der Waals surface area contributed by atoms with Crippen LogP contribution in [0.1, 0.15) is 30.9 Å². The van der Waals surface area contributed by atoms with Crippen LogP contribution in [0.4, 0.5) is 0 Å². The van der Waals surface area contributed by atoms with Gasteiger partial charge in [-0.2, -0.15) is 0 Å². The van der Waals surface area contributed by atoms with Gasteiger partial charge in [-0.15, -0.1) is 0 Å². The Hall–Kier alpha value is -1.24. The third kappa shape index (κ3) is 1.67. The monoisotopic (exact) mass is 162 g/mol. The predicted molar refractivity (Wildman–Crippen MR) is 52.9 cm³/mol. The Labute approximate surface area is 73.4 Å². The van der Waals surface area contributed by atoms with Crippen molar-refractivity contribution in [2.75, 3.05) is 0 Å². The molecule has 0 bridgehead atoms. The van der Waals surface area contributed by atoms with Gasteiger partial charge in [-0.05, 0) is 19.1 Å². The fraction of sp³-hybridized carbons (Fsp3) is 0.273. The molecule has 1 heteroatoms. The molecule has 12 heavy (non-hydrogen) atoms. The molecule has 0 spiro atoms. The molecule has 0 saturated carbocycles. The Morgan fingerprint density at radius 1 is 1.58 bits per heavy atom. The summed E-state index contributed by atoms with van der Waals surface area (Å²) in [6.07, 6.45) is 6.70. The lowest BCUT2D eigenvalue weighted by Gasteiger charge is -1.86. The van der Waals surface area contributed by atoms with Crippen LogP contribution in [0.3, 0.4) is 0 Å². The summed E-state index contributed by atoms with van der Waals surface area (Å²) in [7, 11) is 0. The fourth-order valence-corrected chi connectivity index (χ4v) is 1.12. The second-order valence-electron chi connectivity index (χ2n) is 2.59. The van der Waals surface area contributed by atoms with Gasteiger partial charge >= 0.3 is 0 Å². The highest BCUT2D eigenvalue weighted by atomic mass is 16.3. The number of furan rings is 1. The molecule has 1 heterocycles. The quantitative estimate of drug-likeness (QED) is 0.662. The largest absolute Gasteiger partial charge is 0.461 e. The van der Waals surface area contributed by atoms with E-state index in [1.165, 1.54) is 0 Å². The van der Waals surface area contributed by atoms with E-state index in [4.69, 9.17) is 4.42 Å². The maximum absolute atomic E-state index is 5.50. The van der Waals surface area contributed by atoms with Gasteiger partial charge in [-0.1, -0.05) is 25.7 Å². The summed E-state index contributed by atoms with van der Waals surface area (Å²) in [5, 5.41) is 0. The number of rotatable bonds is 3. The zero-order valence-corrected chi connectivity index (χ0v) is 7.63. The number of hydrogen-bond acceptors (Lipinski definition) is 1. The van der Waals surface area contributed by atoms with Crippen molar-refractivity contribution >= 4 is 12.2 Å². The molecule has 64 valence electrons. The normalized spacial score (nSPS) is 10.8. The van der Waals surface area contributed by atoms with Gasteiger partial charge in [0.05, 0.1) is 0 Å². The van der Waals surface area contributed by atoms with Crippen molar-refractivity contribution in [1.29, 1.82) is 0 Å². The van der Waals surface area contributed by atoms with Crippen molar-refractivity contribution < 1.29 is 4.42 Å². The molecule has 0 atom stereocenters. The van der Waals surface area contributed by atoms with Crippen LogP contribution in [0.25, 0.3) is 12.2 Å². The number of aryl methyl sites for hydroxylation is 1. The third-order valence-electron chi connectivity index (χ3n) is 1.72. The molecular weight excluding hydrogens is 148 g/mol. The Morgan fingerprint density at radius 3 is 2.83 bits per heavy atom. The average Bonchev–Trinajstić information content (AvgIpc) is 2.48. The predicted octanol–water partition coefficient (Wildman–Crippen LogP) is 3.52. The standard InChI is InChI=1S/C11H14O/c1-4-7-9-8-10(5-2)12-11(9)6-3/h4,6-8H,3,5H2,1-2H3/b7-4-. The van der Waals surface area contributed by atoms with Crippen LogP contribution in [0.5, 0.6) is 0 Å². The average molecular weight is 162 g/mol. The summed E-state index contributed by atoms with van der Waals surface area (Å²) in [5.74, 6) is 1.88. The number of allylic oxidation sites excluding steroid dienone is 1. The van der Waals surface area contributed by atoms with E-state index in [1.54, 1.807) is 6.08 Å². The SMILES string of the molecule is C=Cc1oc(CC)cc1/C=C\C. The van der Waals surface area contributed by atoms with E-state index in [-0.39, 0.29) is 0 Å². The molecule has 1 rings (SSSR count). The zero-order valence-electron chi connectivity index (χ0n) is 7.63. The summed E-state index contributed by atoms with van der Waals surface area (Å²) in [6, 6.07) is 2.05. The second kappa shape index (κ2) is 3.96. The zero-order chi connectivity index (χ0) is 8.97. The van der Waals surface area contributed by atoms with E-state index in [2.05, 4.69) is 19.6 Å². The van der Waals surface area contributed by atoms with E-state index >= 15 is 0 Å². The van der Waals surface area contributed by atoms with Crippen LogP contribution in [-0.2, 0) is 6.42 Å². The van der Waals surface area contributed by atoms with E-state index < -0.39 is 0 Å². The van der Waals surface area contributed by atoms with Gasteiger partial charge in [-0.25, -0.2) is 0 Å². The summed E-state index contributed by atoms with van der Waals surface area (Å²) in [4.78, 5) is 0. The maximum Gasteiger partial charge on any atom is 0.133 e. The minimum atomic E-state index is 0.866. The Morgan fingerprint density at radius 2 is 2.33 bits per heavy atom. The highest BCUT2D eigenvalue weighted by Crippen LogP contribution is 2.18. The van der Waals surface area contributed by atoms with Crippen molar-refractivity contribution in [3.8, 4) is 0 Å². The molecule has 1 aromatic heterocycles. The van der Waals surface area contributed by atoms with Crippen LogP contribution in [0.2, 0.25) is 0 Å². The van der Waals surface area contributed by atoms with E-state index in [0.29, 0.717) is 0 Å². The summed E-state index contributed by atoms with van der Waals surface area (Å²) in [5.41, 5.74) is 1.12. The van der Waals surface area contributed by atoms with Gasteiger partial charge in [0.15, 0.2) is 0 Å². The van der Waals surface area contributed by atoms with Crippen molar-refractivity contribution in [3.63, 3.8) is 0 Å². The lowest BCUT2D eigenvalue weighted by Crippen LogP contribution is -1.68. The van der Waals surface area contributed by atoms with E-state index in [0.717, 1.165) is 23.5 Å². The van der Waals surface area contributed by atoms with Crippen molar-refractivity contribution in [2.45, 2.75) is 20.3 Å². The molecule has 0 aliphatic carbocycles. The van der Waals surface area contributed by atoms with E-state index in [1.807, 2.05) is 19.1 Å². The highest BCUT2D eigenvalue weighted by Gasteiger charge is 2.03. The first-order valence-corrected chi connectivity index (χ1v) is 4.19. The smallest absolute Gasteiger partial charge is 0.133 e. The molecule has 0 amide bonds. The lowest BCUT2D eigenvalue weighted by molar-refractivity contribution is 0.507. The van der Waals surface area contributed by atoms with Crippen LogP contribution in [0, 0.1) is 0 Å². The maximum atomic E-state index is 5.50. The Bertz CT molecular complexity index is 292. The topological polar surface area (TPSA) is 13.1 Å². The van der Waals surface area contributed by atoms with Gasteiger partial charge in [0, 0.05) is 12.0 Å². The minimum absolute atomic E-state index is 0.866. The molecular formula is C11H14O. The molecule has 0 aromatic carbocycles. The first-order valence-electron chi connectivity index (χ1n) is 4.19. The lowest BCUT2D eigenvalue weighted by atomic mass is 10.2. The first kappa shape index (κ1) is 8.85. The van der Waals surface area contributed by atoms with Gasteiger partial charge in [0.25, 0.3) is 0 Å². The third-order valence-corrected chi connectivity index (χ3v) is 1.72. The summed E-state index contributed by atoms with van der Waals surface area (Å²) in [6.45, 7) is 7.76. The molecule has 1 nitrogen and oxygen atoms in total. The van der Waals surface area contributed by atoms with Crippen molar-refractivity contribution in [3.05, 3.63) is 35.8 Å². The van der Waals surface area contributed by atoms with Crippen LogP contribution < -0.4 is 0 Å². The van der Waals surface area contributed by atoms with Gasteiger partial charge < -0.3 is 4.42 Å². The van der Waals surface area contributed by atoms with Crippen molar-refractivity contribution in [1.82, 2.24) is 0 Å². The van der Waals surface area contributed by atoms with E-state index in [9.17, 15) is 0 Å². The molecule has 0 N–H and O–H groups in total. The van der Waals surface area contributed by atoms with Gasteiger partial charge in [-0.3, -0.25) is 0 Å². The highest BCUT2D eigenvalue weighted by molar-refractivity contribution is 5.61. The Balaban J connectivity index is 3.07. The molecule has 0 unspecified atom stereocenters. The molecule has 1 aromatic rings. The Kier molecular flexibility index (Phi) is 2.92. The first-order chi connectivity index (χ1) is 5.81. The number of hydrogen-bond donors (Lipinski definition) is 0. The second-order valence-corrected chi connectivity index (χ2v) is 2.59. The minimum Gasteiger partial charge on any atom is -0.461 e. The summed E-state index contributed by atoms with van der Waals surface area (Å²) < 4.78 is 5.50. The molecule has 0 radical (unpaired) electrons. The van der Waals surface area contributed by atoms with Gasteiger partial charge in [0.1, 0.15) is 11.5 Å².